The Labute approximate surface area is 320 Å². The van der Waals surface area contributed by atoms with E-state index in [9.17, 15) is 4.79 Å². The number of nitrogens with zero attached hydrogens (tertiary/aromatic N) is 1. The maximum Gasteiger partial charge on any atom is 0.323 e. The van der Waals surface area contributed by atoms with Crippen LogP contribution < -0.4 is 16.8 Å². The van der Waals surface area contributed by atoms with Crippen molar-refractivity contribution in [3.05, 3.63) is 11.6 Å². The van der Waals surface area contributed by atoms with E-state index in [0.717, 1.165) is 107 Å². The molecular formula is C40H77Cl3N4O2. The maximum atomic E-state index is 13.5. The van der Waals surface area contributed by atoms with E-state index in [-0.39, 0.29) is 60.8 Å². The Morgan fingerprint density at radius 2 is 1.57 bits per heavy atom. The van der Waals surface area contributed by atoms with Gasteiger partial charge in [-0.3, -0.25) is 9.69 Å². The minimum absolute atomic E-state index is 0. The van der Waals surface area contributed by atoms with E-state index in [0.29, 0.717) is 12.0 Å². The monoisotopic (exact) mass is 751 g/mol. The number of halogens is 3. The second-order valence-electron chi connectivity index (χ2n) is 17.0. The molecule has 0 spiro atoms. The van der Waals surface area contributed by atoms with E-state index >= 15 is 0 Å². The average Bonchev–Trinajstić information content (AvgIpc) is 3.39. The minimum atomic E-state index is -0.228. The van der Waals surface area contributed by atoms with Crippen molar-refractivity contribution in [1.29, 1.82) is 0 Å². The van der Waals surface area contributed by atoms with Gasteiger partial charge in [0.25, 0.3) is 0 Å². The van der Waals surface area contributed by atoms with Crippen LogP contribution >= 0.6 is 37.2 Å². The highest BCUT2D eigenvalue weighted by Crippen LogP contribution is 2.67. The third kappa shape index (κ3) is 11.7. The lowest BCUT2D eigenvalue weighted by Crippen LogP contribution is -2.51. The molecule has 0 saturated heterocycles. The molecular weight excluding hydrogens is 675 g/mol. The molecule has 0 radical (unpaired) electrons. The van der Waals surface area contributed by atoms with Crippen molar-refractivity contribution >= 4 is 43.2 Å². The molecule has 0 bridgehead atoms. The van der Waals surface area contributed by atoms with Gasteiger partial charge in [-0.1, -0.05) is 65.5 Å². The summed E-state index contributed by atoms with van der Waals surface area (Å²) in [6.07, 6.45) is 21.0. The van der Waals surface area contributed by atoms with Gasteiger partial charge in [0.2, 0.25) is 0 Å². The first-order chi connectivity index (χ1) is 22.0. The topological polar surface area (TPSA) is 93.6 Å². The minimum Gasteiger partial charge on any atom is -0.461 e. The van der Waals surface area contributed by atoms with Gasteiger partial charge in [-0.25, -0.2) is 0 Å². The highest BCUT2D eigenvalue weighted by atomic mass is 35.5. The van der Waals surface area contributed by atoms with Crippen LogP contribution in [0, 0.1) is 46.3 Å². The summed E-state index contributed by atoms with van der Waals surface area (Å²) in [6, 6.07) is -0.228. The van der Waals surface area contributed by atoms with Crippen LogP contribution in [-0.4, -0.2) is 62.3 Å². The highest BCUT2D eigenvalue weighted by Gasteiger charge is 2.59. The fourth-order valence-electron chi connectivity index (χ4n) is 10.9. The van der Waals surface area contributed by atoms with Gasteiger partial charge in [-0.15, -0.1) is 37.2 Å². The Morgan fingerprint density at radius 3 is 2.27 bits per heavy atom. The molecule has 4 aliphatic rings. The average molecular weight is 752 g/mol. The number of hydrogen-bond donors (Lipinski definition) is 3. The van der Waals surface area contributed by atoms with Gasteiger partial charge in [0.15, 0.2) is 0 Å². The summed E-state index contributed by atoms with van der Waals surface area (Å²) in [5.41, 5.74) is 13.9. The number of carbonyl (C=O) groups is 1. The van der Waals surface area contributed by atoms with Gasteiger partial charge in [0, 0.05) is 13.0 Å². The lowest BCUT2D eigenvalue weighted by Gasteiger charge is -2.58. The van der Waals surface area contributed by atoms with Crippen LogP contribution in [0.5, 0.6) is 0 Å². The molecule has 4 rings (SSSR count). The van der Waals surface area contributed by atoms with Crippen molar-refractivity contribution in [2.24, 2.45) is 57.8 Å². The Kier molecular flexibility index (Phi) is 21.3. The number of nitrogens with two attached hydrogens (primary N) is 2. The number of allylic oxidation sites excluding steroid dienone is 1. The van der Waals surface area contributed by atoms with Crippen molar-refractivity contribution in [3.63, 3.8) is 0 Å². The molecule has 0 aromatic heterocycles. The molecule has 0 unspecified atom stereocenters. The SMILES string of the molecule is CC(C)CCC[C@@H](C)[C@H]1CC[C@H]2[C@@H]3CC=C4C[C@@H](OC(=O)[C@H](C)N(CCCN)CCCCNCCCN)CC[C@]4(C)[C@H]3CC[C@]12C.Cl.Cl.Cl. The molecule has 3 fully saturated rings. The van der Waals surface area contributed by atoms with Gasteiger partial charge in [-0.05, 0) is 157 Å². The molecule has 6 nitrogen and oxygen atoms in total. The van der Waals surface area contributed by atoms with Crippen molar-refractivity contribution in [3.8, 4) is 0 Å². The predicted octanol–water partition coefficient (Wildman–Crippen LogP) is 8.96. The molecule has 3 saturated carbocycles. The largest absolute Gasteiger partial charge is 0.461 e. The summed E-state index contributed by atoms with van der Waals surface area (Å²) in [6.45, 7) is 19.7. The Balaban J connectivity index is 0.00000400. The number of fused-ring (bicyclic) bond motifs is 5. The molecule has 5 N–H and O–H groups in total. The molecule has 0 aromatic carbocycles. The molecule has 0 amide bonds. The third-order valence-electron chi connectivity index (χ3n) is 13.7. The fourth-order valence-corrected chi connectivity index (χ4v) is 10.9. The zero-order chi connectivity index (χ0) is 33.3. The number of rotatable bonds is 19. The number of hydrogen-bond acceptors (Lipinski definition) is 6. The van der Waals surface area contributed by atoms with E-state index in [1.54, 1.807) is 5.57 Å². The number of unbranched alkanes of at least 4 members (excludes halogenated alkanes) is 1. The Morgan fingerprint density at radius 1 is 0.878 bits per heavy atom. The molecule has 9 atom stereocenters. The maximum absolute atomic E-state index is 13.5. The predicted molar refractivity (Wildman–Crippen MR) is 215 cm³/mol. The second kappa shape index (κ2) is 22.2. The van der Waals surface area contributed by atoms with E-state index in [2.05, 4.69) is 50.9 Å². The summed E-state index contributed by atoms with van der Waals surface area (Å²) in [5, 5.41) is 3.47. The summed E-state index contributed by atoms with van der Waals surface area (Å²) >= 11 is 0. The second-order valence-corrected chi connectivity index (χ2v) is 17.0. The van der Waals surface area contributed by atoms with Crippen LogP contribution in [0.15, 0.2) is 11.6 Å². The van der Waals surface area contributed by atoms with Crippen molar-refractivity contribution in [2.75, 3.05) is 39.3 Å². The van der Waals surface area contributed by atoms with Crippen molar-refractivity contribution < 1.29 is 9.53 Å². The van der Waals surface area contributed by atoms with Crippen LogP contribution in [0.25, 0.3) is 0 Å². The summed E-state index contributed by atoms with van der Waals surface area (Å²) in [4.78, 5) is 15.8. The molecule has 9 heteroatoms. The van der Waals surface area contributed by atoms with Crippen LogP contribution in [-0.2, 0) is 9.53 Å². The van der Waals surface area contributed by atoms with Gasteiger partial charge in [0.05, 0.1) is 0 Å². The molecule has 49 heavy (non-hydrogen) atoms. The van der Waals surface area contributed by atoms with Gasteiger partial charge >= 0.3 is 5.97 Å². The fraction of sp³-hybridized carbons (Fsp3) is 0.925. The highest BCUT2D eigenvalue weighted by molar-refractivity contribution is 5.86. The first-order valence-electron chi connectivity index (χ1n) is 19.8. The molecule has 0 aliphatic heterocycles. The van der Waals surface area contributed by atoms with Crippen LogP contribution in [0.2, 0.25) is 0 Å². The number of nitrogens with one attached hydrogen (secondary N) is 1. The van der Waals surface area contributed by atoms with E-state index in [4.69, 9.17) is 16.2 Å². The molecule has 0 aromatic rings. The third-order valence-corrected chi connectivity index (χ3v) is 13.7. The lowest BCUT2D eigenvalue weighted by molar-refractivity contribution is -0.157. The number of ether oxygens (including phenoxy) is 1. The van der Waals surface area contributed by atoms with Crippen molar-refractivity contribution in [2.45, 2.75) is 150 Å². The van der Waals surface area contributed by atoms with E-state index < -0.39 is 0 Å². The molecule has 4 aliphatic carbocycles. The standard InChI is InChI=1S/C40H74N4O2.3ClH/c1-29(2)12-9-13-30(3)35-16-17-36-34-15-14-32-28-33(18-20-39(32,5)37(34)19-21-40(35,36)6)46-38(45)31(4)44(27-11-23-42)26-8-7-24-43-25-10-22-41;;;/h14,29-31,33-37,43H,7-13,15-28,41-42H2,1-6H3;3*1H/t30-,31+,33+,34+,35-,36+,37+,39+,40-;;;/m1.../s1. The summed E-state index contributed by atoms with van der Waals surface area (Å²) in [7, 11) is 0. The lowest BCUT2D eigenvalue weighted by atomic mass is 9.47. The zero-order valence-corrected chi connectivity index (χ0v) is 34.6. The number of carbonyl (C=O) groups excluding carboxylic acids is 1. The zero-order valence-electron chi connectivity index (χ0n) is 32.2. The summed E-state index contributed by atoms with van der Waals surface area (Å²) < 4.78 is 6.31. The van der Waals surface area contributed by atoms with Gasteiger partial charge in [0.1, 0.15) is 12.1 Å². The van der Waals surface area contributed by atoms with Crippen LogP contribution in [0.3, 0.4) is 0 Å². The smallest absolute Gasteiger partial charge is 0.323 e. The first kappa shape index (κ1) is 46.9. The molecule has 290 valence electrons. The van der Waals surface area contributed by atoms with E-state index in [1.807, 2.05) is 6.92 Å². The van der Waals surface area contributed by atoms with Crippen LogP contribution in [0.4, 0.5) is 0 Å². The van der Waals surface area contributed by atoms with Gasteiger partial charge < -0.3 is 21.5 Å². The van der Waals surface area contributed by atoms with Crippen molar-refractivity contribution in [1.82, 2.24) is 10.2 Å². The quantitative estimate of drug-likeness (QED) is 0.0694. The van der Waals surface area contributed by atoms with Crippen LogP contribution in [0.1, 0.15) is 138 Å². The normalized spacial score (nSPS) is 31.6. The van der Waals surface area contributed by atoms with E-state index in [1.165, 1.54) is 57.8 Å². The van der Waals surface area contributed by atoms with Gasteiger partial charge in [-0.2, -0.15) is 0 Å². The Hall–Kier alpha value is -0.0800. The summed E-state index contributed by atoms with van der Waals surface area (Å²) in [5.74, 6) is 5.07. The number of esters is 1. The Bertz CT molecular complexity index is 985. The first-order valence-corrected chi connectivity index (χ1v) is 19.8. The molecule has 0 heterocycles.